The molecule has 2 unspecified atom stereocenters. The topological polar surface area (TPSA) is 46.5 Å². The molecule has 1 aromatic rings. The van der Waals surface area contributed by atoms with Crippen LogP contribution in [0.2, 0.25) is 0 Å². The summed E-state index contributed by atoms with van der Waals surface area (Å²) in [5, 5.41) is 8.70. The molecule has 0 heterocycles. The van der Waals surface area contributed by atoms with E-state index in [-0.39, 0.29) is 0 Å². The van der Waals surface area contributed by atoms with Crippen LogP contribution in [0.25, 0.3) is 0 Å². The van der Waals surface area contributed by atoms with Crippen molar-refractivity contribution in [2.75, 3.05) is 0 Å². The largest absolute Gasteiger partial charge is 0.479 e. The average Bonchev–Trinajstić information content (AvgIpc) is 2.28. The molecule has 0 saturated heterocycles. The van der Waals surface area contributed by atoms with Crippen LogP contribution >= 0.6 is 0 Å². The monoisotopic (exact) mass is 222 g/mol. The third-order valence-corrected chi connectivity index (χ3v) is 2.72. The molecule has 0 aliphatic carbocycles. The van der Waals surface area contributed by atoms with Crippen LogP contribution in [-0.2, 0) is 4.79 Å². The summed E-state index contributed by atoms with van der Waals surface area (Å²) < 4.78 is 5.24. The molecule has 1 aromatic carbocycles. The van der Waals surface area contributed by atoms with Gasteiger partial charge in [0.15, 0.2) is 6.10 Å². The fourth-order valence-electron chi connectivity index (χ4n) is 1.37. The third kappa shape index (κ3) is 3.26. The first-order chi connectivity index (χ1) is 7.54. The van der Waals surface area contributed by atoms with Crippen molar-refractivity contribution in [2.24, 2.45) is 0 Å². The zero-order chi connectivity index (χ0) is 12.1. The van der Waals surface area contributed by atoms with E-state index in [1.165, 1.54) is 12.5 Å². The van der Waals surface area contributed by atoms with Crippen molar-refractivity contribution in [3.05, 3.63) is 29.8 Å². The molecule has 0 saturated carbocycles. The lowest BCUT2D eigenvalue weighted by Crippen LogP contribution is -2.22. The number of aliphatic carboxylic acids is 1. The Hall–Kier alpha value is -1.51. The van der Waals surface area contributed by atoms with E-state index in [2.05, 4.69) is 13.8 Å². The fourth-order valence-corrected chi connectivity index (χ4v) is 1.37. The Morgan fingerprint density at radius 1 is 1.31 bits per heavy atom. The molecule has 1 rings (SSSR count). The highest BCUT2D eigenvalue weighted by Gasteiger charge is 2.12. The van der Waals surface area contributed by atoms with Gasteiger partial charge in [-0.1, -0.05) is 26.0 Å². The maximum absolute atomic E-state index is 10.6. The van der Waals surface area contributed by atoms with Gasteiger partial charge in [0.25, 0.3) is 0 Å². The summed E-state index contributed by atoms with van der Waals surface area (Å²) in [6.07, 6.45) is 0.278. The van der Waals surface area contributed by atoms with Crippen LogP contribution in [0, 0.1) is 0 Å². The Balaban J connectivity index is 2.68. The van der Waals surface area contributed by atoms with Crippen molar-refractivity contribution >= 4 is 5.97 Å². The Morgan fingerprint density at radius 3 is 2.31 bits per heavy atom. The standard InChI is InChI=1S/C13H18O3/c1-4-9(2)11-5-7-12(8-6-11)16-10(3)13(14)15/h5-10H,4H2,1-3H3,(H,14,15). The maximum atomic E-state index is 10.6. The molecule has 0 aromatic heterocycles. The van der Waals surface area contributed by atoms with Crippen molar-refractivity contribution in [2.45, 2.75) is 39.2 Å². The van der Waals surface area contributed by atoms with Gasteiger partial charge in [0.1, 0.15) is 5.75 Å². The molecule has 0 spiro atoms. The van der Waals surface area contributed by atoms with Gasteiger partial charge in [-0.25, -0.2) is 4.79 Å². The van der Waals surface area contributed by atoms with E-state index in [0.29, 0.717) is 11.7 Å². The summed E-state index contributed by atoms with van der Waals surface area (Å²) in [5.74, 6) is 0.166. The molecular formula is C13H18O3. The van der Waals surface area contributed by atoms with Crippen molar-refractivity contribution in [1.82, 2.24) is 0 Å². The van der Waals surface area contributed by atoms with E-state index >= 15 is 0 Å². The Kier molecular flexibility index (Phi) is 4.35. The van der Waals surface area contributed by atoms with E-state index in [0.717, 1.165) is 6.42 Å². The maximum Gasteiger partial charge on any atom is 0.344 e. The normalized spacial score (nSPS) is 14.2. The Bertz CT molecular complexity index is 343. The number of rotatable bonds is 5. The summed E-state index contributed by atoms with van der Waals surface area (Å²) >= 11 is 0. The number of carbonyl (C=O) groups is 1. The molecular weight excluding hydrogens is 204 g/mol. The van der Waals surface area contributed by atoms with Crippen LogP contribution in [0.15, 0.2) is 24.3 Å². The van der Waals surface area contributed by atoms with Gasteiger partial charge in [-0.3, -0.25) is 0 Å². The minimum atomic E-state index is -0.953. The van der Waals surface area contributed by atoms with Crippen LogP contribution in [0.4, 0.5) is 0 Å². The number of hydrogen-bond donors (Lipinski definition) is 1. The van der Waals surface area contributed by atoms with E-state index in [1.807, 2.05) is 24.3 Å². The lowest BCUT2D eigenvalue weighted by Gasteiger charge is -2.12. The van der Waals surface area contributed by atoms with Crippen molar-refractivity contribution < 1.29 is 14.6 Å². The van der Waals surface area contributed by atoms with Crippen molar-refractivity contribution in [3.63, 3.8) is 0 Å². The summed E-state index contributed by atoms with van der Waals surface area (Å²) in [5.41, 5.74) is 1.25. The van der Waals surface area contributed by atoms with E-state index in [9.17, 15) is 4.79 Å². The van der Waals surface area contributed by atoms with Gasteiger partial charge in [-0.05, 0) is 37.0 Å². The van der Waals surface area contributed by atoms with Gasteiger partial charge >= 0.3 is 5.97 Å². The quantitative estimate of drug-likeness (QED) is 0.832. The molecule has 1 N–H and O–H groups in total. The van der Waals surface area contributed by atoms with Crippen LogP contribution in [0.1, 0.15) is 38.7 Å². The summed E-state index contributed by atoms with van der Waals surface area (Å²) in [7, 11) is 0. The van der Waals surface area contributed by atoms with Gasteiger partial charge in [0.2, 0.25) is 0 Å². The molecule has 3 heteroatoms. The molecule has 0 aliphatic heterocycles. The highest BCUT2D eigenvalue weighted by molar-refractivity contribution is 5.72. The second-order valence-corrected chi connectivity index (χ2v) is 3.98. The lowest BCUT2D eigenvalue weighted by atomic mass is 9.99. The van der Waals surface area contributed by atoms with E-state index in [1.54, 1.807) is 0 Å². The lowest BCUT2D eigenvalue weighted by molar-refractivity contribution is -0.144. The zero-order valence-corrected chi connectivity index (χ0v) is 9.93. The first-order valence-corrected chi connectivity index (χ1v) is 5.54. The Labute approximate surface area is 96.1 Å². The van der Waals surface area contributed by atoms with Crippen LogP contribution in [-0.4, -0.2) is 17.2 Å². The molecule has 0 radical (unpaired) electrons. The molecule has 0 bridgehead atoms. The molecule has 3 nitrogen and oxygen atoms in total. The van der Waals surface area contributed by atoms with Gasteiger partial charge in [0, 0.05) is 0 Å². The minimum absolute atomic E-state index is 0.519. The molecule has 16 heavy (non-hydrogen) atoms. The van der Waals surface area contributed by atoms with Crippen LogP contribution in [0.3, 0.4) is 0 Å². The SMILES string of the molecule is CCC(C)c1ccc(OC(C)C(=O)O)cc1. The van der Waals surface area contributed by atoms with Gasteiger partial charge in [-0.2, -0.15) is 0 Å². The Morgan fingerprint density at radius 2 is 1.88 bits per heavy atom. The van der Waals surface area contributed by atoms with Crippen molar-refractivity contribution in [3.8, 4) is 5.75 Å². The first-order valence-electron chi connectivity index (χ1n) is 5.54. The zero-order valence-electron chi connectivity index (χ0n) is 9.93. The predicted octanol–water partition coefficient (Wildman–Crippen LogP) is 3.05. The summed E-state index contributed by atoms with van der Waals surface area (Å²) in [6, 6.07) is 7.61. The smallest absolute Gasteiger partial charge is 0.344 e. The third-order valence-electron chi connectivity index (χ3n) is 2.72. The minimum Gasteiger partial charge on any atom is -0.479 e. The number of carboxylic acid groups (broad SMARTS) is 1. The highest BCUT2D eigenvalue weighted by atomic mass is 16.5. The molecule has 88 valence electrons. The second kappa shape index (κ2) is 5.54. The number of ether oxygens (including phenoxy) is 1. The van der Waals surface area contributed by atoms with Crippen molar-refractivity contribution in [1.29, 1.82) is 0 Å². The van der Waals surface area contributed by atoms with E-state index in [4.69, 9.17) is 9.84 Å². The van der Waals surface area contributed by atoms with Gasteiger partial charge in [-0.15, -0.1) is 0 Å². The first kappa shape index (κ1) is 12.6. The van der Waals surface area contributed by atoms with Crippen LogP contribution in [0.5, 0.6) is 5.75 Å². The predicted molar refractivity (Wildman–Crippen MR) is 62.9 cm³/mol. The summed E-state index contributed by atoms with van der Waals surface area (Å²) in [4.78, 5) is 10.6. The fraction of sp³-hybridized carbons (Fsp3) is 0.462. The number of benzene rings is 1. The molecule has 0 fully saturated rings. The average molecular weight is 222 g/mol. The van der Waals surface area contributed by atoms with Gasteiger partial charge < -0.3 is 9.84 Å². The van der Waals surface area contributed by atoms with Crippen LogP contribution < -0.4 is 4.74 Å². The van der Waals surface area contributed by atoms with E-state index < -0.39 is 12.1 Å². The second-order valence-electron chi connectivity index (χ2n) is 3.98. The molecule has 0 amide bonds. The number of carboxylic acids is 1. The molecule has 2 atom stereocenters. The van der Waals surface area contributed by atoms with Gasteiger partial charge in [0.05, 0.1) is 0 Å². The molecule has 0 aliphatic rings. The summed E-state index contributed by atoms with van der Waals surface area (Å²) in [6.45, 7) is 5.82. The highest BCUT2D eigenvalue weighted by Crippen LogP contribution is 2.21. The number of hydrogen-bond acceptors (Lipinski definition) is 2.